The topological polar surface area (TPSA) is 76.2 Å². The average Bonchev–Trinajstić information content (AvgIpc) is 2.92. The van der Waals surface area contributed by atoms with Crippen molar-refractivity contribution in [1.82, 2.24) is 0 Å². The molecule has 3 rings (SSSR count). The molecule has 0 fully saturated rings. The van der Waals surface area contributed by atoms with Gasteiger partial charge in [-0.15, -0.1) is 0 Å². The fourth-order valence-electron chi connectivity index (χ4n) is 3.13. The normalized spacial score (nSPS) is 19.1. The molecule has 5 heteroatoms. The summed E-state index contributed by atoms with van der Waals surface area (Å²) in [6, 6.07) is 15.0. The molecule has 0 aromatic heterocycles. The van der Waals surface area contributed by atoms with E-state index >= 15 is 0 Å². The van der Waals surface area contributed by atoms with E-state index in [0.717, 1.165) is 22.3 Å². The van der Waals surface area contributed by atoms with Crippen LogP contribution in [-0.4, -0.2) is 4.92 Å². The molecule has 1 unspecified atom stereocenters. The van der Waals surface area contributed by atoms with Crippen LogP contribution in [0, 0.1) is 28.4 Å². The lowest BCUT2D eigenvalue weighted by Crippen LogP contribution is -2.26. The summed E-state index contributed by atoms with van der Waals surface area (Å²) in [6.07, 6.45) is 0.877. The number of nitro benzene ring substituents is 1. The minimum Gasteiger partial charge on any atom is -0.361 e. The standard InChI is InChI=1S/C18H16N2O3/c1-13-3-5-15(6-4-13)18(9-2-10-19)17-8-7-16(20(21)22)11-14(17)12-23-18/h3-8,11H,2,9,12H2,1H3. The fourth-order valence-corrected chi connectivity index (χ4v) is 3.13. The Labute approximate surface area is 134 Å². The average molecular weight is 308 g/mol. The van der Waals surface area contributed by atoms with Crippen LogP contribution in [0.4, 0.5) is 5.69 Å². The van der Waals surface area contributed by atoms with Crippen LogP contribution in [0.2, 0.25) is 0 Å². The summed E-state index contributed by atoms with van der Waals surface area (Å²) < 4.78 is 6.10. The first-order valence-electron chi connectivity index (χ1n) is 7.43. The molecule has 0 aliphatic carbocycles. The van der Waals surface area contributed by atoms with Gasteiger partial charge < -0.3 is 4.74 Å². The van der Waals surface area contributed by atoms with Crippen LogP contribution in [0.1, 0.15) is 35.1 Å². The Morgan fingerprint density at radius 1 is 1.30 bits per heavy atom. The van der Waals surface area contributed by atoms with Crippen molar-refractivity contribution >= 4 is 5.69 Å². The van der Waals surface area contributed by atoms with E-state index in [9.17, 15) is 10.1 Å². The van der Waals surface area contributed by atoms with E-state index in [4.69, 9.17) is 10.00 Å². The minimum atomic E-state index is -0.701. The Morgan fingerprint density at radius 2 is 2.04 bits per heavy atom. The van der Waals surface area contributed by atoms with E-state index in [0.29, 0.717) is 19.4 Å². The van der Waals surface area contributed by atoms with Gasteiger partial charge in [0.2, 0.25) is 0 Å². The number of benzene rings is 2. The summed E-state index contributed by atoms with van der Waals surface area (Å²) in [5, 5.41) is 20.0. The van der Waals surface area contributed by atoms with Crippen molar-refractivity contribution in [3.63, 3.8) is 0 Å². The van der Waals surface area contributed by atoms with Crippen LogP contribution in [-0.2, 0) is 16.9 Å². The number of rotatable bonds is 4. The Kier molecular flexibility index (Phi) is 3.85. The maximum Gasteiger partial charge on any atom is 0.269 e. The molecule has 0 radical (unpaired) electrons. The maximum absolute atomic E-state index is 11.0. The molecule has 0 saturated carbocycles. The molecular formula is C18H16N2O3. The number of hydrogen-bond donors (Lipinski definition) is 0. The third-order valence-electron chi connectivity index (χ3n) is 4.32. The zero-order valence-corrected chi connectivity index (χ0v) is 12.8. The molecule has 2 aromatic carbocycles. The monoisotopic (exact) mass is 308 g/mol. The van der Waals surface area contributed by atoms with Gasteiger partial charge in [0.15, 0.2) is 0 Å². The molecule has 1 atom stereocenters. The zero-order chi connectivity index (χ0) is 16.4. The van der Waals surface area contributed by atoms with Gasteiger partial charge in [0.25, 0.3) is 5.69 Å². The minimum absolute atomic E-state index is 0.0624. The van der Waals surface area contributed by atoms with Crippen molar-refractivity contribution in [2.45, 2.75) is 32.0 Å². The highest BCUT2D eigenvalue weighted by Crippen LogP contribution is 2.46. The van der Waals surface area contributed by atoms with E-state index in [1.54, 1.807) is 12.1 Å². The van der Waals surface area contributed by atoms with E-state index in [1.165, 1.54) is 6.07 Å². The summed E-state index contributed by atoms with van der Waals surface area (Å²) in [6.45, 7) is 2.33. The zero-order valence-electron chi connectivity index (χ0n) is 12.8. The number of fused-ring (bicyclic) bond motifs is 1. The molecular weight excluding hydrogens is 292 g/mol. The van der Waals surface area contributed by atoms with Gasteiger partial charge in [-0.3, -0.25) is 10.1 Å². The molecule has 1 aliphatic heterocycles. The number of ether oxygens (including phenoxy) is 1. The van der Waals surface area contributed by atoms with Crippen molar-refractivity contribution in [2.75, 3.05) is 0 Å². The first-order valence-corrected chi connectivity index (χ1v) is 7.43. The second-order valence-corrected chi connectivity index (χ2v) is 5.74. The highest BCUT2D eigenvalue weighted by atomic mass is 16.6. The van der Waals surface area contributed by atoms with Crippen molar-refractivity contribution < 1.29 is 9.66 Å². The molecule has 1 heterocycles. The van der Waals surface area contributed by atoms with Gasteiger partial charge in [0.05, 0.1) is 17.6 Å². The van der Waals surface area contributed by atoms with Gasteiger partial charge in [-0.25, -0.2) is 0 Å². The van der Waals surface area contributed by atoms with E-state index in [2.05, 4.69) is 6.07 Å². The van der Waals surface area contributed by atoms with E-state index in [-0.39, 0.29) is 5.69 Å². The fraction of sp³-hybridized carbons (Fsp3) is 0.278. The Balaban J connectivity index is 2.11. The molecule has 0 spiro atoms. The van der Waals surface area contributed by atoms with Gasteiger partial charge in [0.1, 0.15) is 5.60 Å². The molecule has 1 aliphatic rings. The Morgan fingerprint density at radius 3 is 2.70 bits per heavy atom. The quantitative estimate of drug-likeness (QED) is 0.632. The lowest BCUT2D eigenvalue weighted by molar-refractivity contribution is -0.384. The number of hydrogen-bond acceptors (Lipinski definition) is 4. The molecule has 0 bridgehead atoms. The maximum atomic E-state index is 11.0. The van der Waals surface area contributed by atoms with Gasteiger partial charge >= 0.3 is 0 Å². The number of non-ortho nitro benzene ring substituents is 1. The number of nitriles is 1. The van der Waals surface area contributed by atoms with Crippen molar-refractivity contribution in [2.24, 2.45) is 0 Å². The highest BCUT2D eigenvalue weighted by Gasteiger charge is 2.41. The smallest absolute Gasteiger partial charge is 0.269 e. The Bertz CT molecular complexity index is 793. The molecule has 2 aromatic rings. The summed E-state index contributed by atoms with van der Waals surface area (Å²) >= 11 is 0. The lowest BCUT2D eigenvalue weighted by Gasteiger charge is -2.29. The van der Waals surface area contributed by atoms with Gasteiger partial charge in [-0.2, -0.15) is 5.26 Å². The first-order chi connectivity index (χ1) is 11.1. The Hall–Kier alpha value is -2.71. The molecule has 0 N–H and O–H groups in total. The first kappa shape index (κ1) is 15.2. The summed E-state index contributed by atoms with van der Waals surface area (Å²) in [5.41, 5.74) is 3.22. The van der Waals surface area contributed by atoms with Crippen molar-refractivity contribution in [3.05, 3.63) is 74.8 Å². The van der Waals surface area contributed by atoms with Crippen LogP contribution in [0.5, 0.6) is 0 Å². The highest BCUT2D eigenvalue weighted by molar-refractivity contribution is 5.49. The second-order valence-electron chi connectivity index (χ2n) is 5.74. The van der Waals surface area contributed by atoms with Gasteiger partial charge in [-0.05, 0) is 36.1 Å². The van der Waals surface area contributed by atoms with Crippen LogP contribution >= 0.6 is 0 Å². The molecule has 0 saturated heterocycles. The number of nitrogens with zero attached hydrogens (tertiary/aromatic N) is 2. The number of aryl methyl sites for hydroxylation is 1. The molecule has 0 amide bonds. The SMILES string of the molecule is Cc1ccc(C2(CCC#N)OCc3cc([N+](=O)[O-])ccc32)cc1. The lowest BCUT2D eigenvalue weighted by atomic mass is 9.82. The number of nitro groups is 1. The van der Waals surface area contributed by atoms with Crippen LogP contribution in [0.25, 0.3) is 0 Å². The van der Waals surface area contributed by atoms with Crippen LogP contribution in [0.15, 0.2) is 42.5 Å². The molecule has 5 nitrogen and oxygen atoms in total. The second kappa shape index (κ2) is 5.82. The summed E-state index contributed by atoms with van der Waals surface area (Å²) in [4.78, 5) is 10.6. The van der Waals surface area contributed by atoms with E-state index < -0.39 is 10.5 Å². The molecule has 116 valence electrons. The third-order valence-corrected chi connectivity index (χ3v) is 4.32. The third kappa shape index (κ3) is 2.58. The van der Waals surface area contributed by atoms with Crippen molar-refractivity contribution in [3.8, 4) is 6.07 Å². The van der Waals surface area contributed by atoms with Crippen molar-refractivity contribution in [1.29, 1.82) is 5.26 Å². The predicted molar refractivity (Wildman–Crippen MR) is 84.7 cm³/mol. The van der Waals surface area contributed by atoms with Gasteiger partial charge in [0, 0.05) is 18.6 Å². The largest absolute Gasteiger partial charge is 0.361 e. The van der Waals surface area contributed by atoms with Crippen LogP contribution in [0.3, 0.4) is 0 Å². The molecule has 23 heavy (non-hydrogen) atoms. The van der Waals surface area contributed by atoms with E-state index in [1.807, 2.05) is 31.2 Å². The summed E-state index contributed by atoms with van der Waals surface area (Å²) in [5.74, 6) is 0. The van der Waals surface area contributed by atoms with Crippen LogP contribution < -0.4 is 0 Å². The summed E-state index contributed by atoms with van der Waals surface area (Å²) in [7, 11) is 0. The predicted octanol–water partition coefficient (Wildman–Crippen LogP) is 3.98. The van der Waals surface area contributed by atoms with Gasteiger partial charge in [-0.1, -0.05) is 29.8 Å².